The van der Waals surface area contributed by atoms with Crippen molar-refractivity contribution >= 4 is 23.5 Å². The largest absolute Gasteiger partial charge is 0.478 e. The predicted octanol–water partition coefficient (Wildman–Crippen LogP) is 3.66. The lowest BCUT2D eigenvalue weighted by Gasteiger charge is -2.46. The Morgan fingerprint density at radius 3 is 2.43 bits per heavy atom. The number of hydrogen-bond acceptors (Lipinski definition) is 3. The molecular weight excluding hydrogens is 380 g/mol. The summed E-state index contributed by atoms with van der Waals surface area (Å²) in [6.07, 6.45) is 4.72. The summed E-state index contributed by atoms with van der Waals surface area (Å²) in [7, 11) is 1.71. The number of hydrogen-bond donors (Lipinski definition) is 1. The number of carbonyl (C=O) groups excluding carboxylic acids is 2. The Kier molecular flexibility index (Phi) is 5.40. The van der Waals surface area contributed by atoms with Gasteiger partial charge in [-0.15, -0.1) is 0 Å². The Hall–Kier alpha value is -3.41. The minimum absolute atomic E-state index is 0.00342. The maximum Gasteiger partial charge on any atom is 0.328 e. The van der Waals surface area contributed by atoms with E-state index in [2.05, 4.69) is 0 Å². The van der Waals surface area contributed by atoms with Gasteiger partial charge in [0, 0.05) is 42.4 Å². The molecule has 1 heterocycles. The highest BCUT2D eigenvalue weighted by Crippen LogP contribution is 2.50. The molecule has 30 heavy (non-hydrogen) atoms. The second-order valence-electron chi connectivity index (χ2n) is 7.83. The summed E-state index contributed by atoms with van der Waals surface area (Å²) < 4.78 is 0. The van der Waals surface area contributed by atoms with Gasteiger partial charge in [0.1, 0.15) is 0 Å². The molecule has 0 saturated heterocycles. The van der Waals surface area contributed by atoms with Gasteiger partial charge in [0.2, 0.25) is 5.91 Å². The Morgan fingerprint density at radius 1 is 1.00 bits per heavy atom. The summed E-state index contributed by atoms with van der Waals surface area (Å²) in [6.45, 7) is 0. The van der Waals surface area contributed by atoms with Gasteiger partial charge in [0.15, 0.2) is 0 Å². The van der Waals surface area contributed by atoms with Gasteiger partial charge in [-0.05, 0) is 36.6 Å². The summed E-state index contributed by atoms with van der Waals surface area (Å²) in [4.78, 5) is 40.5. The molecule has 2 aromatic rings. The second-order valence-corrected chi connectivity index (χ2v) is 7.83. The number of benzene rings is 2. The van der Waals surface area contributed by atoms with E-state index in [0.717, 1.165) is 42.7 Å². The first-order valence-electron chi connectivity index (χ1n) is 10.1. The third-order valence-electron chi connectivity index (χ3n) is 6.16. The van der Waals surface area contributed by atoms with Crippen LogP contribution in [0.25, 0.3) is 0 Å². The van der Waals surface area contributed by atoms with Crippen LogP contribution in [0.4, 0.5) is 5.69 Å². The predicted molar refractivity (Wildman–Crippen MR) is 113 cm³/mol. The van der Waals surface area contributed by atoms with Crippen molar-refractivity contribution in [1.82, 2.24) is 4.90 Å². The topological polar surface area (TPSA) is 77.9 Å². The van der Waals surface area contributed by atoms with Gasteiger partial charge in [-0.1, -0.05) is 42.8 Å². The van der Waals surface area contributed by atoms with Crippen molar-refractivity contribution in [1.29, 1.82) is 0 Å². The van der Waals surface area contributed by atoms with E-state index in [1.165, 1.54) is 0 Å². The number of para-hydroxylation sites is 1. The summed E-state index contributed by atoms with van der Waals surface area (Å²) in [5.74, 6) is -1.44. The number of carboxylic acids is 1. The van der Waals surface area contributed by atoms with Crippen LogP contribution >= 0.6 is 0 Å². The van der Waals surface area contributed by atoms with E-state index < -0.39 is 5.97 Å². The molecule has 0 aromatic heterocycles. The molecule has 6 nitrogen and oxygen atoms in total. The maximum absolute atomic E-state index is 13.5. The van der Waals surface area contributed by atoms with Gasteiger partial charge in [-0.25, -0.2) is 4.79 Å². The van der Waals surface area contributed by atoms with Crippen molar-refractivity contribution in [2.75, 3.05) is 11.9 Å². The molecule has 154 valence electrons. The Morgan fingerprint density at radius 2 is 1.70 bits per heavy atom. The Bertz CT molecular complexity index is 1000. The molecule has 1 N–H and O–H groups in total. The van der Waals surface area contributed by atoms with Crippen LogP contribution in [0.2, 0.25) is 0 Å². The molecule has 2 amide bonds. The van der Waals surface area contributed by atoms with Crippen molar-refractivity contribution in [2.24, 2.45) is 5.92 Å². The summed E-state index contributed by atoms with van der Waals surface area (Å²) in [5, 5.41) is 8.86. The fourth-order valence-electron chi connectivity index (χ4n) is 4.90. The van der Waals surface area contributed by atoms with Crippen molar-refractivity contribution in [3.63, 3.8) is 0 Å². The third kappa shape index (κ3) is 3.49. The monoisotopic (exact) mass is 404 g/mol. The van der Waals surface area contributed by atoms with E-state index in [9.17, 15) is 14.4 Å². The third-order valence-corrected chi connectivity index (χ3v) is 6.16. The zero-order valence-corrected chi connectivity index (χ0v) is 16.8. The fraction of sp³-hybridized carbons (Fsp3) is 0.292. The van der Waals surface area contributed by atoms with Crippen molar-refractivity contribution in [3.8, 4) is 0 Å². The molecule has 1 aliphatic heterocycles. The second kappa shape index (κ2) is 8.14. The lowest BCUT2D eigenvalue weighted by atomic mass is 9.81. The molecule has 1 saturated carbocycles. The minimum atomic E-state index is -1.15. The standard InChI is InChI=1S/C24H24N2O4/c1-25(21(27)14-15-22(28)29)23-17-10-5-6-12-19(17)26(20-13-7-11-18(20)23)24(30)16-8-3-2-4-9-16/h2-6,8-10,12,14-15,18,20,23H,7,11,13H2,1H3,(H,28,29). The number of fused-ring (bicyclic) bond motifs is 2. The molecule has 6 heteroatoms. The van der Waals surface area contributed by atoms with Crippen LogP contribution < -0.4 is 4.90 Å². The lowest BCUT2D eigenvalue weighted by molar-refractivity contribution is -0.132. The van der Waals surface area contributed by atoms with Crippen LogP contribution in [0.15, 0.2) is 66.7 Å². The maximum atomic E-state index is 13.5. The van der Waals surface area contributed by atoms with Gasteiger partial charge in [-0.3, -0.25) is 9.59 Å². The number of nitrogens with zero attached hydrogens (tertiary/aromatic N) is 2. The van der Waals surface area contributed by atoms with Gasteiger partial charge in [-0.2, -0.15) is 0 Å². The van der Waals surface area contributed by atoms with Crippen LogP contribution in [0.1, 0.15) is 41.2 Å². The van der Waals surface area contributed by atoms with Crippen LogP contribution in [0, 0.1) is 5.92 Å². The molecule has 1 aliphatic carbocycles. The van der Waals surface area contributed by atoms with Gasteiger partial charge in [0.25, 0.3) is 5.91 Å². The van der Waals surface area contributed by atoms with Crippen LogP contribution in [0.3, 0.4) is 0 Å². The lowest BCUT2D eigenvalue weighted by Crippen LogP contribution is -2.51. The van der Waals surface area contributed by atoms with E-state index >= 15 is 0 Å². The van der Waals surface area contributed by atoms with E-state index in [1.54, 1.807) is 11.9 Å². The number of carboxylic acid groups (broad SMARTS) is 1. The van der Waals surface area contributed by atoms with E-state index in [1.807, 2.05) is 59.5 Å². The molecule has 3 unspecified atom stereocenters. The number of aliphatic carboxylic acids is 1. The first kappa shape index (κ1) is 19.9. The average Bonchev–Trinajstić information content (AvgIpc) is 3.24. The molecule has 1 fully saturated rings. The highest BCUT2D eigenvalue weighted by Gasteiger charge is 2.47. The van der Waals surface area contributed by atoms with Gasteiger partial charge < -0.3 is 14.9 Å². The molecule has 3 atom stereocenters. The SMILES string of the molecule is CN(C(=O)C=CC(=O)O)C1c2ccccc2N(C(=O)c2ccccc2)C2CCCC12. The normalized spacial score (nSPS) is 22.4. The fourth-order valence-corrected chi connectivity index (χ4v) is 4.90. The smallest absolute Gasteiger partial charge is 0.328 e. The van der Waals surface area contributed by atoms with Crippen molar-refractivity contribution < 1.29 is 19.5 Å². The number of amides is 2. The molecule has 2 aliphatic rings. The molecular formula is C24H24N2O4. The highest BCUT2D eigenvalue weighted by molar-refractivity contribution is 6.07. The zero-order valence-electron chi connectivity index (χ0n) is 16.8. The number of carbonyl (C=O) groups is 3. The van der Waals surface area contributed by atoms with Crippen molar-refractivity contribution in [2.45, 2.75) is 31.3 Å². The summed E-state index contributed by atoms with van der Waals surface area (Å²) in [5.41, 5.74) is 2.39. The quantitative estimate of drug-likeness (QED) is 0.789. The first-order valence-corrected chi connectivity index (χ1v) is 10.1. The molecule has 4 rings (SSSR count). The van der Waals surface area contributed by atoms with Gasteiger partial charge >= 0.3 is 5.97 Å². The van der Waals surface area contributed by atoms with Gasteiger partial charge in [0.05, 0.1) is 6.04 Å². The average molecular weight is 404 g/mol. The van der Waals surface area contributed by atoms with Crippen LogP contribution in [-0.2, 0) is 9.59 Å². The minimum Gasteiger partial charge on any atom is -0.478 e. The number of rotatable bonds is 4. The van der Waals surface area contributed by atoms with E-state index in [4.69, 9.17) is 5.11 Å². The Balaban J connectivity index is 1.76. The van der Waals surface area contributed by atoms with E-state index in [0.29, 0.717) is 5.56 Å². The summed E-state index contributed by atoms with van der Waals surface area (Å²) >= 11 is 0. The van der Waals surface area contributed by atoms with E-state index in [-0.39, 0.29) is 29.8 Å². The zero-order chi connectivity index (χ0) is 21.3. The molecule has 0 bridgehead atoms. The molecule has 0 spiro atoms. The van der Waals surface area contributed by atoms with Crippen LogP contribution in [0.5, 0.6) is 0 Å². The highest BCUT2D eigenvalue weighted by atomic mass is 16.4. The molecule has 2 aromatic carbocycles. The summed E-state index contributed by atoms with van der Waals surface area (Å²) in [6, 6.07) is 16.8. The first-order chi connectivity index (χ1) is 14.5. The number of anilines is 1. The number of likely N-dealkylation sites (N-methyl/N-ethyl adjacent to an activating group) is 1. The van der Waals surface area contributed by atoms with Crippen LogP contribution in [-0.4, -0.2) is 40.9 Å². The van der Waals surface area contributed by atoms with Crippen molar-refractivity contribution in [3.05, 3.63) is 77.9 Å². The Labute approximate surface area is 175 Å². The molecule has 0 radical (unpaired) electrons.